The second-order valence-electron chi connectivity index (χ2n) is 7.64. The van der Waals surface area contributed by atoms with Crippen molar-refractivity contribution in [1.29, 1.82) is 0 Å². The van der Waals surface area contributed by atoms with Gasteiger partial charge in [0.15, 0.2) is 0 Å². The number of rotatable bonds is 4. The number of hydrogen-bond donors (Lipinski definition) is 1. The Morgan fingerprint density at radius 1 is 1.00 bits per heavy atom. The molecule has 0 unspecified atom stereocenters. The number of aromatic nitrogens is 2. The molecule has 2 heterocycles. The van der Waals surface area contributed by atoms with E-state index in [1.54, 1.807) is 0 Å². The summed E-state index contributed by atoms with van der Waals surface area (Å²) in [6, 6.07) is 13.6. The third-order valence-electron chi connectivity index (χ3n) is 5.56. The minimum atomic E-state index is 0.644. The fraction of sp³-hybridized carbons (Fsp3) is 0.409. The Morgan fingerprint density at radius 2 is 1.73 bits per heavy atom. The van der Waals surface area contributed by atoms with Gasteiger partial charge in [0.25, 0.3) is 0 Å². The number of aryl methyl sites for hydroxylation is 1. The van der Waals surface area contributed by atoms with E-state index >= 15 is 0 Å². The van der Waals surface area contributed by atoms with Crippen LogP contribution in [0.3, 0.4) is 0 Å². The third kappa shape index (κ3) is 3.39. The Hall–Kier alpha value is -2.17. The van der Waals surface area contributed by atoms with Gasteiger partial charge in [-0.2, -0.15) is 0 Å². The van der Waals surface area contributed by atoms with E-state index < -0.39 is 0 Å². The molecule has 4 rings (SSSR count). The number of imidazole rings is 1. The number of benzene rings is 2. The maximum absolute atomic E-state index is 4.68. The Morgan fingerprint density at radius 3 is 2.46 bits per heavy atom. The lowest BCUT2D eigenvalue weighted by Crippen LogP contribution is -2.48. The van der Waals surface area contributed by atoms with Gasteiger partial charge in [-0.15, -0.1) is 0 Å². The Bertz CT molecular complexity index is 888. The van der Waals surface area contributed by atoms with Crippen LogP contribution in [0.25, 0.3) is 22.2 Å². The van der Waals surface area contributed by atoms with Crippen molar-refractivity contribution >= 4 is 10.8 Å². The largest absolute Gasteiger partial charge is 0.341 e. The maximum Gasteiger partial charge on any atom is 0.138 e. The number of nitrogens with one attached hydrogen (secondary N) is 1. The summed E-state index contributed by atoms with van der Waals surface area (Å²) in [4.78, 5) is 13.3. The number of nitrogens with zero attached hydrogens (tertiary/aromatic N) is 3. The van der Waals surface area contributed by atoms with Crippen molar-refractivity contribution < 1.29 is 0 Å². The van der Waals surface area contributed by atoms with Gasteiger partial charge in [-0.3, -0.25) is 9.80 Å². The van der Waals surface area contributed by atoms with Crippen molar-refractivity contribution in [1.82, 2.24) is 19.8 Å². The molecular formula is C22H28N4. The smallest absolute Gasteiger partial charge is 0.138 e. The van der Waals surface area contributed by atoms with Crippen molar-refractivity contribution in [2.45, 2.75) is 33.4 Å². The molecule has 0 aliphatic carbocycles. The molecule has 1 aliphatic heterocycles. The molecule has 1 aliphatic rings. The van der Waals surface area contributed by atoms with Gasteiger partial charge in [0.05, 0.1) is 0 Å². The van der Waals surface area contributed by atoms with Crippen LogP contribution in [0.4, 0.5) is 0 Å². The summed E-state index contributed by atoms with van der Waals surface area (Å²) in [5.41, 5.74) is 3.68. The van der Waals surface area contributed by atoms with E-state index in [9.17, 15) is 0 Å². The molecule has 0 atom stereocenters. The van der Waals surface area contributed by atoms with E-state index in [1.807, 2.05) is 6.20 Å². The fourth-order valence-corrected chi connectivity index (χ4v) is 3.91. The van der Waals surface area contributed by atoms with E-state index in [0.29, 0.717) is 6.04 Å². The standard InChI is InChI=1S/C22H28N4/c1-16(2)26-12-10-25(11-13-26)15-18-14-23-22(24-18)21-9-8-17(3)19-6-4-5-7-20(19)21/h4-9,14,16H,10-13,15H2,1-3H3,(H,23,24). The SMILES string of the molecule is Cc1ccc(-c2ncc(CN3CCN(C(C)C)CC3)[nH]2)c2ccccc12. The number of H-pyrrole nitrogens is 1. The van der Waals surface area contributed by atoms with Gasteiger partial charge in [0.1, 0.15) is 5.82 Å². The zero-order valence-corrected chi connectivity index (χ0v) is 16.0. The maximum atomic E-state index is 4.68. The van der Waals surface area contributed by atoms with Crippen LogP contribution in [0.1, 0.15) is 25.1 Å². The number of piperazine rings is 1. The Kier molecular flexibility index (Phi) is 4.79. The zero-order chi connectivity index (χ0) is 18.1. The molecule has 0 amide bonds. The van der Waals surface area contributed by atoms with Gasteiger partial charge in [0, 0.05) is 56.2 Å². The highest BCUT2D eigenvalue weighted by Crippen LogP contribution is 2.29. The summed E-state index contributed by atoms with van der Waals surface area (Å²) in [6.07, 6.45) is 2.00. The van der Waals surface area contributed by atoms with Gasteiger partial charge in [0.2, 0.25) is 0 Å². The molecule has 0 bridgehead atoms. The first-order valence-corrected chi connectivity index (χ1v) is 9.61. The predicted octanol–water partition coefficient (Wildman–Crippen LogP) is 4.06. The molecule has 4 heteroatoms. The summed E-state index contributed by atoms with van der Waals surface area (Å²) in [6.45, 7) is 12.2. The van der Waals surface area contributed by atoms with Crippen LogP contribution in [-0.2, 0) is 6.54 Å². The minimum Gasteiger partial charge on any atom is -0.341 e. The van der Waals surface area contributed by atoms with Crippen LogP contribution in [0, 0.1) is 6.92 Å². The van der Waals surface area contributed by atoms with Gasteiger partial charge in [-0.05, 0) is 37.1 Å². The Balaban J connectivity index is 1.52. The predicted molar refractivity (Wildman–Crippen MR) is 108 cm³/mol. The van der Waals surface area contributed by atoms with E-state index in [0.717, 1.165) is 38.5 Å². The normalized spacial score (nSPS) is 16.6. The lowest BCUT2D eigenvalue weighted by Gasteiger charge is -2.36. The van der Waals surface area contributed by atoms with Crippen molar-refractivity contribution in [3.63, 3.8) is 0 Å². The molecule has 1 fully saturated rings. The van der Waals surface area contributed by atoms with Crippen LogP contribution in [0.15, 0.2) is 42.6 Å². The van der Waals surface area contributed by atoms with Crippen molar-refractivity contribution in [2.75, 3.05) is 26.2 Å². The number of fused-ring (bicyclic) bond motifs is 1. The van der Waals surface area contributed by atoms with Crippen LogP contribution in [-0.4, -0.2) is 52.0 Å². The summed E-state index contributed by atoms with van der Waals surface area (Å²) in [5, 5.41) is 2.56. The van der Waals surface area contributed by atoms with E-state index in [-0.39, 0.29) is 0 Å². The van der Waals surface area contributed by atoms with Crippen LogP contribution in [0.5, 0.6) is 0 Å². The highest BCUT2D eigenvalue weighted by Gasteiger charge is 2.19. The van der Waals surface area contributed by atoms with Gasteiger partial charge < -0.3 is 4.98 Å². The monoisotopic (exact) mass is 348 g/mol. The minimum absolute atomic E-state index is 0.644. The molecule has 2 aromatic carbocycles. The van der Waals surface area contributed by atoms with E-state index in [4.69, 9.17) is 0 Å². The summed E-state index contributed by atoms with van der Waals surface area (Å²) in [7, 11) is 0. The molecular weight excluding hydrogens is 320 g/mol. The van der Waals surface area contributed by atoms with Crippen LogP contribution in [0.2, 0.25) is 0 Å². The topological polar surface area (TPSA) is 35.2 Å². The molecule has 0 spiro atoms. The first-order valence-electron chi connectivity index (χ1n) is 9.61. The Labute approximate surface area is 155 Å². The molecule has 1 saturated heterocycles. The molecule has 4 nitrogen and oxygen atoms in total. The van der Waals surface area contributed by atoms with Crippen molar-refractivity contribution in [3.8, 4) is 11.4 Å². The zero-order valence-electron chi connectivity index (χ0n) is 16.0. The lowest BCUT2D eigenvalue weighted by atomic mass is 10.00. The quantitative estimate of drug-likeness (QED) is 0.772. The highest BCUT2D eigenvalue weighted by atomic mass is 15.3. The van der Waals surface area contributed by atoms with E-state index in [2.05, 4.69) is 76.9 Å². The van der Waals surface area contributed by atoms with E-state index in [1.165, 1.54) is 27.6 Å². The molecule has 136 valence electrons. The highest BCUT2D eigenvalue weighted by molar-refractivity contribution is 5.97. The number of hydrogen-bond acceptors (Lipinski definition) is 3. The molecule has 3 aromatic rings. The molecule has 0 saturated carbocycles. The van der Waals surface area contributed by atoms with Crippen LogP contribution < -0.4 is 0 Å². The summed E-state index contributed by atoms with van der Waals surface area (Å²) < 4.78 is 0. The molecule has 26 heavy (non-hydrogen) atoms. The fourth-order valence-electron chi connectivity index (χ4n) is 3.91. The number of aromatic amines is 1. The molecule has 0 radical (unpaired) electrons. The second-order valence-corrected chi connectivity index (χ2v) is 7.64. The first kappa shape index (κ1) is 17.3. The van der Waals surface area contributed by atoms with Gasteiger partial charge in [-0.1, -0.05) is 36.4 Å². The molecule has 1 N–H and O–H groups in total. The average molecular weight is 348 g/mol. The first-order chi connectivity index (χ1) is 12.6. The lowest BCUT2D eigenvalue weighted by molar-refractivity contribution is 0.103. The van der Waals surface area contributed by atoms with Crippen molar-refractivity contribution in [2.24, 2.45) is 0 Å². The summed E-state index contributed by atoms with van der Waals surface area (Å²) >= 11 is 0. The third-order valence-corrected chi connectivity index (χ3v) is 5.56. The average Bonchev–Trinajstić information content (AvgIpc) is 3.11. The van der Waals surface area contributed by atoms with Crippen molar-refractivity contribution in [3.05, 3.63) is 53.9 Å². The molecule has 1 aromatic heterocycles. The van der Waals surface area contributed by atoms with Gasteiger partial charge >= 0.3 is 0 Å². The summed E-state index contributed by atoms with van der Waals surface area (Å²) in [5.74, 6) is 0.969. The van der Waals surface area contributed by atoms with Crippen LogP contribution >= 0.6 is 0 Å². The second kappa shape index (κ2) is 7.22. The van der Waals surface area contributed by atoms with Gasteiger partial charge in [-0.25, -0.2) is 4.98 Å².